The van der Waals surface area contributed by atoms with Gasteiger partial charge < -0.3 is 15.1 Å². The van der Waals surface area contributed by atoms with Crippen LogP contribution in [-0.4, -0.2) is 30.5 Å². The van der Waals surface area contributed by atoms with Gasteiger partial charge >= 0.3 is 0 Å². The Labute approximate surface area is 153 Å². The van der Waals surface area contributed by atoms with E-state index >= 15 is 0 Å². The molecule has 1 amide bonds. The van der Waals surface area contributed by atoms with Gasteiger partial charge in [0, 0.05) is 24.0 Å². The van der Waals surface area contributed by atoms with Gasteiger partial charge in [0.05, 0.1) is 12.1 Å². The van der Waals surface area contributed by atoms with E-state index in [1.54, 1.807) is 11.3 Å². The van der Waals surface area contributed by atoms with Crippen molar-refractivity contribution >= 4 is 42.1 Å². The Bertz CT molecular complexity index is 573. The van der Waals surface area contributed by atoms with Crippen LogP contribution >= 0.6 is 36.2 Å². The fourth-order valence-electron chi connectivity index (χ4n) is 1.91. The number of carbonyl (C=O) groups is 1. The van der Waals surface area contributed by atoms with Crippen LogP contribution in [0.1, 0.15) is 24.8 Å². The summed E-state index contributed by atoms with van der Waals surface area (Å²) >= 11 is 1.59. The van der Waals surface area contributed by atoms with Gasteiger partial charge in [-0.25, -0.2) is 4.98 Å². The Balaban J connectivity index is 0.00000242. The Morgan fingerprint density at radius 2 is 2.09 bits per heavy atom. The molecule has 2 heterocycles. The smallest absolute Gasteiger partial charge is 0.227 e. The van der Waals surface area contributed by atoms with E-state index in [0.717, 1.165) is 25.1 Å². The van der Waals surface area contributed by atoms with Crippen molar-refractivity contribution in [3.05, 3.63) is 28.3 Å². The monoisotopic (exact) mass is 379 g/mol. The molecule has 2 rings (SSSR count). The lowest BCUT2D eigenvalue weighted by Crippen LogP contribution is -2.33. The summed E-state index contributed by atoms with van der Waals surface area (Å²) in [4.78, 5) is 16.3. The molecule has 0 aliphatic rings. The largest absolute Gasteiger partial charge is 0.441 e. The van der Waals surface area contributed by atoms with Crippen LogP contribution in [0.15, 0.2) is 21.2 Å². The second-order valence-corrected chi connectivity index (χ2v) is 5.59. The SMILES string of the molecule is CCCNCCNC(=O)Cc1nc(-c2ccsc2)oc1C.Cl.Cl. The van der Waals surface area contributed by atoms with Crippen molar-refractivity contribution in [2.45, 2.75) is 26.7 Å². The van der Waals surface area contributed by atoms with Crippen LogP contribution in [0, 0.1) is 6.92 Å². The molecular formula is C15H23Cl2N3O2S. The lowest BCUT2D eigenvalue weighted by Gasteiger charge is -2.05. The highest BCUT2D eigenvalue weighted by Gasteiger charge is 2.14. The fraction of sp³-hybridized carbons (Fsp3) is 0.467. The zero-order valence-electron chi connectivity index (χ0n) is 13.3. The molecule has 0 aromatic carbocycles. The van der Waals surface area contributed by atoms with Crippen LogP contribution in [0.3, 0.4) is 0 Å². The molecule has 0 unspecified atom stereocenters. The van der Waals surface area contributed by atoms with Gasteiger partial charge in [-0.1, -0.05) is 6.92 Å². The Morgan fingerprint density at radius 1 is 1.30 bits per heavy atom. The third kappa shape index (κ3) is 6.91. The van der Waals surface area contributed by atoms with Gasteiger partial charge in [0.1, 0.15) is 5.76 Å². The molecule has 0 atom stereocenters. The van der Waals surface area contributed by atoms with Crippen molar-refractivity contribution < 1.29 is 9.21 Å². The molecule has 130 valence electrons. The molecule has 0 saturated heterocycles. The maximum Gasteiger partial charge on any atom is 0.227 e. The van der Waals surface area contributed by atoms with E-state index in [4.69, 9.17) is 4.42 Å². The molecule has 0 bridgehead atoms. The predicted molar refractivity (Wildman–Crippen MR) is 98.9 cm³/mol. The summed E-state index contributed by atoms with van der Waals surface area (Å²) in [5.41, 5.74) is 1.66. The number of hydrogen-bond donors (Lipinski definition) is 2. The Morgan fingerprint density at radius 3 is 2.74 bits per heavy atom. The number of oxazole rings is 1. The molecule has 0 spiro atoms. The highest BCUT2D eigenvalue weighted by Crippen LogP contribution is 2.23. The number of hydrogen-bond acceptors (Lipinski definition) is 5. The number of nitrogens with one attached hydrogen (secondary N) is 2. The molecule has 0 saturated carbocycles. The van der Waals surface area contributed by atoms with Gasteiger partial charge in [0.15, 0.2) is 0 Å². The molecular weight excluding hydrogens is 357 g/mol. The molecule has 0 aliphatic heterocycles. The number of aryl methyl sites for hydroxylation is 1. The molecule has 23 heavy (non-hydrogen) atoms. The highest BCUT2D eigenvalue weighted by atomic mass is 35.5. The van der Waals surface area contributed by atoms with Crippen molar-refractivity contribution in [2.75, 3.05) is 19.6 Å². The van der Waals surface area contributed by atoms with E-state index in [2.05, 4.69) is 22.5 Å². The van der Waals surface area contributed by atoms with Gasteiger partial charge in [-0.2, -0.15) is 11.3 Å². The molecule has 0 fully saturated rings. The fourth-order valence-corrected chi connectivity index (χ4v) is 2.54. The molecule has 2 aromatic rings. The Kier molecular flexibility index (Phi) is 10.9. The number of rotatable bonds is 8. The van der Waals surface area contributed by atoms with E-state index in [1.165, 1.54) is 0 Å². The van der Waals surface area contributed by atoms with Crippen molar-refractivity contribution in [3.8, 4) is 11.5 Å². The predicted octanol–water partition coefficient (Wildman–Crippen LogP) is 3.21. The lowest BCUT2D eigenvalue weighted by atomic mass is 10.2. The molecule has 5 nitrogen and oxygen atoms in total. The first-order valence-electron chi connectivity index (χ1n) is 7.17. The normalized spacial score (nSPS) is 9.83. The molecule has 8 heteroatoms. The molecule has 0 aliphatic carbocycles. The number of thiophene rings is 1. The maximum atomic E-state index is 11.9. The van der Waals surface area contributed by atoms with Crippen molar-refractivity contribution in [2.24, 2.45) is 0 Å². The van der Waals surface area contributed by atoms with E-state index in [1.807, 2.05) is 23.8 Å². The number of halogens is 2. The van der Waals surface area contributed by atoms with Crippen LogP contribution in [0.25, 0.3) is 11.5 Å². The second kappa shape index (κ2) is 11.5. The third-order valence-corrected chi connectivity index (χ3v) is 3.72. The minimum Gasteiger partial charge on any atom is -0.441 e. The topological polar surface area (TPSA) is 67.2 Å². The first-order valence-corrected chi connectivity index (χ1v) is 8.11. The van der Waals surface area contributed by atoms with Gasteiger partial charge in [0.2, 0.25) is 11.8 Å². The van der Waals surface area contributed by atoms with Gasteiger partial charge in [0.25, 0.3) is 0 Å². The minimum atomic E-state index is -0.0263. The number of carbonyl (C=O) groups excluding carboxylic acids is 1. The van der Waals surface area contributed by atoms with Crippen LogP contribution in [0.2, 0.25) is 0 Å². The standard InChI is InChI=1S/C15H21N3O2S.2ClH/c1-3-5-16-6-7-17-14(19)9-13-11(2)20-15(18-13)12-4-8-21-10-12;;/h4,8,10,16H,3,5-7,9H2,1-2H3,(H,17,19);2*1H. The van der Waals surface area contributed by atoms with Crippen LogP contribution in [0.5, 0.6) is 0 Å². The van der Waals surface area contributed by atoms with Gasteiger partial charge in [-0.05, 0) is 31.3 Å². The second-order valence-electron chi connectivity index (χ2n) is 4.81. The molecule has 2 N–H and O–H groups in total. The summed E-state index contributed by atoms with van der Waals surface area (Å²) < 4.78 is 5.62. The van der Waals surface area contributed by atoms with Crippen LogP contribution in [-0.2, 0) is 11.2 Å². The Hall–Kier alpha value is -1.08. The van der Waals surface area contributed by atoms with E-state index < -0.39 is 0 Å². The van der Waals surface area contributed by atoms with E-state index in [-0.39, 0.29) is 37.1 Å². The van der Waals surface area contributed by atoms with Crippen LogP contribution < -0.4 is 10.6 Å². The van der Waals surface area contributed by atoms with Gasteiger partial charge in [-0.3, -0.25) is 4.79 Å². The zero-order valence-corrected chi connectivity index (χ0v) is 15.7. The average Bonchev–Trinajstić information content (AvgIpc) is 3.09. The zero-order chi connectivity index (χ0) is 15.1. The average molecular weight is 380 g/mol. The third-order valence-electron chi connectivity index (χ3n) is 3.04. The summed E-state index contributed by atoms with van der Waals surface area (Å²) in [7, 11) is 0. The summed E-state index contributed by atoms with van der Waals surface area (Å²) in [6.45, 7) is 6.35. The summed E-state index contributed by atoms with van der Waals surface area (Å²) in [6, 6.07) is 1.96. The summed E-state index contributed by atoms with van der Waals surface area (Å²) in [6.07, 6.45) is 1.35. The van der Waals surface area contributed by atoms with Crippen molar-refractivity contribution in [3.63, 3.8) is 0 Å². The number of nitrogens with zero attached hydrogens (tertiary/aromatic N) is 1. The summed E-state index contributed by atoms with van der Waals surface area (Å²) in [5.74, 6) is 1.26. The van der Waals surface area contributed by atoms with Crippen molar-refractivity contribution in [1.82, 2.24) is 15.6 Å². The number of amides is 1. The van der Waals surface area contributed by atoms with Crippen molar-refractivity contribution in [1.29, 1.82) is 0 Å². The summed E-state index contributed by atoms with van der Waals surface area (Å²) in [5, 5.41) is 10.1. The first kappa shape index (κ1) is 21.9. The maximum absolute atomic E-state index is 11.9. The van der Waals surface area contributed by atoms with E-state index in [0.29, 0.717) is 23.9 Å². The minimum absolute atomic E-state index is 0. The quantitative estimate of drug-likeness (QED) is 0.690. The highest BCUT2D eigenvalue weighted by molar-refractivity contribution is 7.08. The molecule has 0 radical (unpaired) electrons. The van der Waals surface area contributed by atoms with Gasteiger partial charge in [-0.15, -0.1) is 24.8 Å². The van der Waals surface area contributed by atoms with Crippen LogP contribution in [0.4, 0.5) is 0 Å². The number of aromatic nitrogens is 1. The molecule has 2 aromatic heterocycles. The lowest BCUT2D eigenvalue weighted by molar-refractivity contribution is -0.120. The van der Waals surface area contributed by atoms with E-state index in [9.17, 15) is 4.79 Å². The first-order chi connectivity index (χ1) is 10.2.